The highest BCUT2D eigenvalue weighted by molar-refractivity contribution is 5.63. The fourth-order valence-electron chi connectivity index (χ4n) is 1.33. The molecule has 0 heterocycles. The molecule has 0 bridgehead atoms. The van der Waals surface area contributed by atoms with E-state index in [-0.39, 0.29) is 0 Å². The van der Waals surface area contributed by atoms with Gasteiger partial charge in [-0.05, 0) is 25.0 Å². The average Bonchev–Trinajstić information content (AvgIpc) is 2.37. The van der Waals surface area contributed by atoms with Crippen LogP contribution in [0.5, 0.6) is 0 Å². The van der Waals surface area contributed by atoms with Crippen molar-refractivity contribution in [1.82, 2.24) is 0 Å². The molecule has 0 fully saturated rings. The number of benzene rings is 1. The summed E-state index contributed by atoms with van der Waals surface area (Å²) in [5, 5.41) is 10.0. The zero-order valence-electron chi connectivity index (χ0n) is 10.1. The van der Waals surface area contributed by atoms with Crippen LogP contribution in [-0.4, -0.2) is 10.7 Å². The highest BCUT2D eigenvalue weighted by atomic mass is 16.3. The maximum Gasteiger partial charge on any atom is 0.188 e. The molecule has 88 valence electrons. The second kappa shape index (κ2) is 5.39. The van der Waals surface area contributed by atoms with Crippen LogP contribution in [0.1, 0.15) is 32.3 Å². The van der Waals surface area contributed by atoms with Gasteiger partial charge in [0.15, 0.2) is 5.69 Å². The molecule has 0 aliphatic carbocycles. The Balaban J connectivity index is 3.12. The van der Waals surface area contributed by atoms with Gasteiger partial charge in [0.25, 0.3) is 0 Å². The summed E-state index contributed by atoms with van der Waals surface area (Å²) in [5.74, 6) is 5.69. The predicted molar refractivity (Wildman–Crippen MR) is 69.5 cm³/mol. The standard InChI is InChI=1S/C14H16N2O/c1-4-14(17,5-2)9-8-11-10-12(16-3)6-7-13(11)15/h6-7,10,17H,4-5,15H2,1-2H3. The van der Waals surface area contributed by atoms with E-state index in [1.54, 1.807) is 18.2 Å². The number of nitrogens with two attached hydrogens (primary N) is 1. The first-order valence-corrected chi connectivity index (χ1v) is 5.57. The Morgan fingerprint density at radius 3 is 2.59 bits per heavy atom. The lowest BCUT2D eigenvalue weighted by Gasteiger charge is -2.17. The van der Waals surface area contributed by atoms with Gasteiger partial charge in [-0.3, -0.25) is 0 Å². The van der Waals surface area contributed by atoms with Crippen LogP contribution >= 0.6 is 0 Å². The fourth-order valence-corrected chi connectivity index (χ4v) is 1.33. The predicted octanol–water partition coefficient (Wildman–Crippen LogP) is 2.72. The second-order valence-corrected chi connectivity index (χ2v) is 3.87. The molecule has 0 unspecified atom stereocenters. The van der Waals surface area contributed by atoms with E-state index in [0.717, 1.165) is 0 Å². The molecule has 0 aromatic heterocycles. The van der Waals surface area contributed by atoms with Gasteiger partial charge in [0, 0.05) is 11.3 Å². The second-order valence-electron chi connectivity index (χ2n) is 3.87. The zero-order chi connectivity index (χ0) is 12.9. The van der Waals surface area contributed by atoms with Gasteiger partial charge in [-0.25, -0.2) is 4.85 Å². The summed E-state index contributed by atoms with van der Waals surface area (Å²) in [7, 11) is 0. The molecular weight excluding hydrogens is 212 g/mol. The van der Waals surface area contributed by atoms with Crippen molar-refractivity contribution < 1.29 is 5.11 Å². The Morgan fingerprint density at radius 1 is 1.41 bits per heavy atom. The lowest BCUT2D eigenvalue weighted by atomic mass is 9.98. The number of nitrogens with zero attached hydrogens (tertiary/aromatic N) is 1. The number of aliphatic hydroxyl groups is 1. The van der Waals surface area contributed by atoms with Gasteiger partial charge >= 0.3 is 0 Å². The minimum atomic E-state index is -0.972. The molecule has 0 saturated heterocycles. The molecule has 0 aliphatic heterocycles. The first kappa shape index (κ1) is 13.1. The van der Waals surface area contributed by atoms with Crippen molar-refractivity contribution >= 4 is 11.4 Å². The number of nitrogen functional groups attached to an aromatic ring is 1. The van der Waals surface area contributed by atoms with Crippen LogP contribution in [-0.2, 0) is 0 Å². The van der Waals surface area contributed by atoms with Crippen LogP contribution in [0.25, 0.3) is 4.85 Å². The maximum absolute atomic E-state index is 10.0. The smallest absolute Gasteiger partial charge is 0.188 e. The number of hydrogen-bond acceptors (Lipinski definition) is 2. The summed E-state index contributed by atoms with van der Waals surface area (Å²) in [6, 6.07) is 4.95. The Morgan fingerprint density at radius 2 is 2.06 bits per heavy atom. The van der Waals surface area contributed by atoms with Gasteiger partial charge in [-0.2, -0.15) is 0 Å². The van der Waals surface area contributed by atoms with E-state index < -0.39 is 5.60 Å². The van der Waals surface area contributed by atoms with Crippen molar-refractivity contribution in [2.45, 2.75) is 32.3 Å². The summed E-state index contributed by atoms with van der Waals surface area (Å²) in [6.07, 6.45) is 1.14. The van der Waals surface area contributed by atoms with Crippen LogP contribution in [0.3, 0.4) is 0 Å². The Kier molecular flexibility index (Phi) is 4.15. The molecule has 1 rings (SSSR count). The highest BCUT2D eigenvalue weighted by Crippen LogP contribution is 2.20. The van der Waals surface area contributed by atoms with Crippen molar-refractivity contribution in [3.63, 3.8) is 0 Å². The van der Waals surface area contributed by atoms with Gasteiger partial charge < -0.3 is 10.8 Å². The molecular formula is C14H16N2O. The molecule has 0 radical (unpaired) electrons. The summed E-state index contributed by atoms with van der Waals surface area (Å²) >= 11 is 0. The minimum Gasteiger partial charge on any atom is -0.398 e. The van der Waals surface area contributed by atoms with Crippen molar-refractivity contribution in [3.05, 3.63) is 35.2 Å². The number of anilines is 1. The molecule has 3 heteroatoms. The highest BCUT2D eigenvalue weighted by Gasteiger charge is 2.18. The van der Waals surface area contributed by atoms with Gasteiger partial charge in [0.2, 0.25) is 0 Å². The average molecular weight is 228 g/mol. The van der Waals surface area contributed by atoms with E-state index in [0.29, 0.717) is 29.8 Å². The van der Waals surface area contributed by atoms with Gasteiger partial charge in [0.1, 0.15) is 5.60 Å². The first-order valence-electron chi connectivity index (χ1n) is 5.57. The van der Waals surface area contributed by atoms with Gasteiger partial charge in [0.05, 0.1) is 6.57 Å². The van der Waals surface area contributed by atoms with Crippen molar-refractivity contribution in [2.24, 2.45) is 0 Å². The van der Waals surface area contributed by atoms with E-state index in [1.807, 2.05) is 13.8 Å². The van der Waals surface area contributed by atoms with E-state index in [9.17, 15) is 5.11 Å². The lowest BCUT2D eigenvalue weighted by molar-refractivity contribution is 0.0931. The van der Waals surface area contributed by atoms with Crippen LogP contribution in [0.4, 0.5) is 11.4 Å². The number of hydrogen-bond donors (Lipinski definition) is 2. The first-order chi connectivity index (χ1) is 8.04. The van der Waals surface area contributed by atoms with Crippen molar-refractivity contribution in [1.29, 1.82) is 0 Å². The molecule has 1 aromatic carbocycles. The quantitative estimate of drug-likeness (QED) is 0.464. The number of rotatable bonds is 2. The van der Waals surface area contributed by atoms with E-state index in [1.165, 1.54) is 0 Å². The zero-order valence-corrected chi connectivity index (χ0v) is 10.1. The van der Waals surface area contributed by atoms with Crippen LogP contribution in [0, 0.1) is 18.4 Å². The summed E-state index contributed by atoms with van der Waals surface area (Å²) in [6.45, 7) is 10.7. The van der Waals surface area contributed by atoms with E-state index in [4.69, 9.17) is 12.3 Å². The Labute approximate surface area is 102 Å². The summed E-state index contributed by atoms with van der Waals surface area (Å²) in [4.78, 5) is 3.32. The topological polar surface area (TPSA) is 50.6 Å². The third-order valence-electron chi connectivity index (χ3n) is 2.77. The maximum atomic E-state index is 10.0. The van der Waals surface area contributed by atoms with Crippen LogP contribution in [0.15, 0.2) is 18.2 Å². The molecule has 0 saturated carbocycles. The molecule has 0 aliphatic rings. The lowest BCUT2D eigenvalue weighted by Crippen LogP contribution is -2.23. The van der Waals surface area contributed by atoms with E-state index >= 15 is 0 Å². The Bertz CT molecular complexity index is 499. The molecule has 0 amide bonds. The molecule has 17 heavy (non-hydrogen) atoms. The fraction of sp³-hybridized carbons (Fsp3) is 0.357. The van der Waals surface area contributed by atoms with Gasteiger partial charge in [-0.1, -0.05) is 31.8 Å². The minimum absolute atomic E-state index is 0.500. The van der Waals surface area contributed by atoms with Gasteiger partial charge in [-0.15, -0.1) is 0 Å². The third kappa shape index (κ3) is 3.24. The molecule has 1 aromatic rings. The van der Waals surface area contributed by atoms with E-state index in [2.05, 4.69) is 16.7 Å². The summed E-state index contributed by atoms with van der Waals surface area (Å²) in [5.41, 5.74) is 6.42. The van der Waals surface area contributed by atoms with Crippen molar-refractivity contribution in [2.75, 3.05) is 5.73 Å². The molecule has 0 spiro atoms. The van der Waals surface area contributed by atoms with Crippen LogP contribution < -0.4 is 5.73 Å². The monoisotopic (exact) mass is 228 g/mol. The van der Waals surface area contributed by atoms with Crippen LogP contribution in [0.2, 0.25) is 0 Å². The normalized spacial score (nSPS) is 10.2. The molecule has 0 atom stereocenters. The summed E-state index contributed by atoms with van der Waals surface area (Å²) < 4.78 is 0. The third-order valence-corrected chi connectivity index (χ3v) is 2.77. The molecule has 3 N–H and O–H groups in total. The largest absolute Gasteiger partial charge is 0.398 e. The molecule has 3 nitrogen and oxygen atoms in total. The SMILES string of the molecule is [C-]#[N+]c1ccc(N)c(C#CC(O)(CC)CC)c1. The van der Waals surface area contributed by atoms with Crippen molar-refractivity contribution in [3.8, 4) is 11.8 Å². The Hall–Kier alpha value is -1.97.